The van der Waals surface area contributed by atoms with Gasteiger partial charge in [-0.05, 0) is 31.1 Å². The summed E-state index contributed by atoms with van der Waals surface area (Å²) in [7, 11) is 0. The van der Waals surface area contributed by atoms with Crippen LogP contribution in [-0.2, 0) is 4.79 Å². The predicted octanol–water partition coefficient (Wildman–Crippen LogP) is 1.59. The molecule has 0 aromatic heterocycles. The van der Waals surface area contributed by atoms with Crippen LogP contribution in [0.25, 0.3) is 0 Å². The number of carboxylic acid groups (broad SMARTS) is 1. The SMILES string of the molecule is CC(CCC(=O)O)CNC(=O)NCC1CCC1. The Morgan fingerprint density at radius 2 is 2.06 bits per heavy atom. The van der Waals surface area contributed by atoms with Gasteiger partial charge in [0.2, 0.25) is 0 Å². The van der Waals surface area contributed by atoms with Crippen LogP contribution in [0.15, 0.2) is 0 Å². The third-order valence-electron chi connectivity index (χ3n) is 3.24. The van der Waals surface area contributed by atoms with Crippen molar-refractivity contribution in [3.63, 3.8) is 0 Å². The van der Waals surface area contributed by atoms with Crippen molar-refractivity contribution >= 4 is 12.0 Å². The van der Waals surface area contributed by atoms with E-state index in [0.29, 0.717) is 18.9 Å². The van der Waals surface area contributed by atoms with Crippen LogP contribution in [0.3, 0.4) is 0 Å². The fourth-order valence-corrected chi connectivity index (χ4v) is 1.74. The average molecular weight is 242 g/mol. The van der Waals surface area contributed by atoms with Gasteiger partial charge in [-0.3, -0.25) is 4.79 Å². The van der Waals surface area contributed by atoms with Gasteiger partial charge in [-0.15, -0.1) is 0 Å². The number of urea groups is 1. The summed E-state index contributed by atoms with van der Waals surface area (Å²) in [5.74, 6) is 0.0667. The maximum absolute atomic E-state index is 11.4. The van der Waals surface area contributed by atoms with Crippen LogP contribution in [0, 0.1) is 11.8 Å². The number of amides is 2. The smallest absolute Gasteiger partial charge is 0.314 e. The Morgan fingerprint density at radius 3 is 2.59 bits per heavy atom. The highest BCUT2D eigenvalue weighted by molar-refractivity contribution is 5.73. The molecule has 0 bridgehead atoms. The van der Waals surface area contributed by atoms with E-state index in [1.165, 1.54) is 19.3 Å². The molecule has 2 amide bonds. The number of aliphatic carboxylic acids is 1. The topological polar surface area (TPSA) is 78.4 Å². The molecule has 1 saturated carbocycles. The van der Waals surface area contributed by atoms with Crippen LogP contribution >= 0.6 is 0 Å². The highest BCUT2D eigenvalue weighted by atomic mass is 16.4. The molecule has 0 aliphatic heterocycles. The highest BCUT2D eigenvalue weighted by Crippen LogP contribution is 2.24. The molecule has 5 nitrogen and oxygen atoms in total. The van der Waals surface area contributed by atoms with Gasteiger partial charge in [-0.2, -0.15) is 0 Å². The molecule has 3 N–H and O–H groups in total. The van der Waals surface area contributed by atoms with E-state index in [4.69, 9.17) is 5.11 Å². The third-order valence-corrected chi connectivity index (χ3v) is 3.24. The van der Waals surface area contributed by atoms with Crippen molar-refractivity contribution in [2.75, 3.05) is 13.1 Å². The summed E-state index contributed by atoms with van der Waals surface area (Å²) in [4.78, 5) is 21.8. The molecule has 1 atom stereocenters. The zero-order valence-corrected chi connectivity index (χ0v) is 10.4. The fraction of sp³-hybridized carbons (Fsp3) is 0.833. The summed E-state index contributed by atoms with van der Waals surface area (Å²) in [6, 6.07) is -0.140. The minimum Gasteiger partial charge on any atom is -0.481 e. The van der Waals surface area contributed by atoms with Crippen molar-refractivity contribution < 1.29 is 14.7 Å². The summed E-state index contributed by atoms with van der Waals surface area (Å²) < 4.78 is 0. The first-order valence-corrected chi connectivity index (χ1v) is 6.31. The van der Waals surface area contributed by atoms with Crippen LogP contribution in [0.5, 0.6) is 0 Å². The Kier molecular flexibility index (Phi) is 5.80. The molecule has 1 rings (SSSR count). The number of carboxylic acids is 1. The Hall–Kier alpha value is -1.26. The number of rotatable bonds is 7. The second-order valence-corrected chi connectivity index (χ2v) is 4.93. The minimum absolute atomic E-state index is 0.140. The van der Waals surface area contributed by atoms with Crippen LogP contribution < -0.4 is 10.6 Å². The molecule has 1 fully saturated rings. The van der Waals surface area contributed by atoms with Crippen molar-refractivity contribution in [3.05, 3.63) is 0 Å². The zero-order chi connectivity index (χ0) is 12.7. The highest BCUT2D eigenvalue weighted by Gasteiger charge is 2.17. The maximum Gasteiger partial charge on any atom is 0.314 e. The van der Waals surface area contributed by atoms with E-state index >= 15 is 0 Å². The van der Waals surface area contributed by atoms with Crippen LogP contribution in [-0.4, -0.2) is 30.2 Å². The van der Waals surface area contributed by atoms with Gasteiger partial charge < -0.3 is 15.7 Å². The standard InChI is InChI=1S/C12H22N2O3/c1-9(5-6-11(15)16)7-13-12(17)14-8-10-3-2-4-10/h9-10H,2-8H2,1H3,(H,15,16)(H2,13,14,17). The summed E-state index contributed by atoms with van der Waals surface area (Å²) in [5, 5.41) is 14.1. The van der Waals surface area contributed by atoms with Crippen LogP contribution in [0.1, 0.15) is 39.0 Å². The van der Waals surface area contributed by atoms with Crippen molar-refractivity contribution in [3.8, 4) is 0 Å². The first-order valence-electron chi connectivity index (χ1n) is 6.31. The third kappa shape index (κ3) is 6.14. The molecule has 0 saturated heterocycles. The number of hydrogen-bond acceptors (Lipinski definition) is 2. The molecule has 0 spiro atoms. The summed E-state index contributed by atoms with van der Waals surface area (Å²) in [5.41, 5.74) is 0. The Morgan fingerprint density at radius 1 is 1.35 bits per heavy atom. The van der Waals surface area contributed by atoms with Crippen molar-refractivity contribution in [1.29, 1.82) is 0 Å². The van der Waals surface area contributed by atoms with Crippen LogP contribution in [0.4, 0.5) is 4.79 Å². The molecule has 17 heavy (non-hydrogen) atoms. The summed E-state index contributed by atoms with van der Waals surface area (Å²) in [6.45, 7) is 3.23. The van der Waals surface area contributed by atoms with E-state index in [2.05, 4.69) is 10.6 Å². The van der Waals surface area contributed by atoms with Crippen LogP contribution in [0.2, 0.25) is 0 Å². The largest absolute Gasteiger partial charge is 0.481 e. The molecule has 0 heterocycles. The number of hydrogen-bond donors (Lipinski definition) is 3. The van der Waals surface area contributed by atoms with Gasteiger partial charge in [-0.1, -0.05) is 13.3 Å². The van der Waals surface area contributed by atoms with Gasteiger partial charge in [0.1, 0.15) is 0 Å². The van der Waals surface area contributed by atoms with Gasteiger partial charge in [0.25, 0.3) is 0 Å². The van der Waals surface area contributed by atoms with Gasteiger partial charge in [0, 0.05) is 19.5 Å². The first-order chi connectivity index (χ1) is 8.08. The summed E-state index contributed by atoms with van der Waals surface area (Å²) in [6.07, 6.45) is 4.47. The second kappa shape index (κ2) is 7.14. The van der Waals surface area contributed by atoms with E-state index in [9.17, 15) is 9.59 Å². The molecular weight excluding hydrogens is 220 g/mol. The Labute approximate surface area is 102 Å². The fourth-order valence-electron chi connectivity index (χ4n) is 1.74. The van der Waals surface area contributed by atoms with Gasteiger partial charge >= 0.3 is 12.0 Å². The molecule has 1 unspecified atom stereocenters. The molecule has 0 aromatic carbocycles. The lowest BCUT2D eigenvalue weighted by Gasteiger charge is -2.25. The lowest BCUT2D eigenvalue weighted by atomic mass is 9.85. The van der Waals surface area contributed by atoms with E-state index in [1.807, 2.05) is 6.92 Å². The molecule has 1 aliphatic rings. The molecule has 5 heteroatoms. The Bertz CT molecular complexity index is 264. The number of carbonyl (C=O) groups is 2. The molecule has 98 valence electrons. The maximum atomic E-state index is 11.4. The number of carbonyl (C=O) groups excluding carboxylic acids is 1. The molecule has 0 radical (unpaired) electrons. The van der Waals surface area contributed by atoms with Gasteiger partial charge in [0.15, 0.2) is 0 Å². The van der Waals surface area contributed by atoms with Gasteiger partial charge in [-0.25, -0.2) is 4.79 Å². The van der Waals surface area contributed by atoms with E-state index in [1.54, 1.807) is 0 Å². The predicted molar refractivity (Wildman–Crippen MR) is 64.8 cm³/mol. The quantitative estimate of drug-likeness (QED) is 0.634. The molecule has 1 aliphatic carbocycles. The second-order valence-electron chi connectivity index (χ2n) is 4.93. The van der Waals surface area contributed by atoms with Crippen molar-refractivity contribution in [1.82, 2.24) is 10.6 Å². The zero-order valence-electron chi connectivity index (χ0n) is 10.4. The van der Waals surface area contributed by atoms with E-state index < -0.39 is 5.97 Å². The van der Waals surface area contributed by atoms with Crippen molar-refractivity contribution in [2.45, 2.75) is 39.0 Å². The summed E-state index contributed by atoms with van der Waals surface area (Å²) >= 11 is 0. The molecular formula is C12H22N2O3. The monoisotopic (exact) mass is 242 g/mol. The lowest BCUT2D eigenvalue weighted by Crippen LogP contribution is -2.41. The average Bonchev–Trinajstić information content (AvgIpc) is 2.21. The van der Waals surface area contributed by atoms with E-state index in [0.717, 1.165) is 6.54 Å². The molecule has 0 aromatic rings. The lowest BCUT2D eigenvalue weighted by molar-refractivity contribution is -0.137. The number of nitrogens with one attached hydrogen (secondary N) is 2. The van der Waals surface area contributed by atoms with Gasteiger partial charge in [0.05, 0.1) is 0 Å². The minimum atomic E-state index is -0.786. The van der Waals surface area contributed by atoms with E-state index in [-0.39, 0.29) is 18.4 Å². The Balaban J connectivity index is 1.99. The normalized spacial score (nSPS) is 17.0. The first kappa shape index (κ1) is 13.8. The van der Waals surface area contributed by atoms with Crippen molar-refractivity contribution in [2.24, 2.45) is 11.8 Å².